The number of fused-ring (bicyclic) bond motifs is 1. The first-order valence-corrected chi connectivity index (χ1v) is 8.94. The smallest absolute Gasteiger partial charge is 0.348 e. The predicted octanol–water partition coefficient (Wildman–Crippen LogP) is 4.42. The van der Waals surface area contributed by atoms with Gasteiger partial charge in [0.05, 0.1) is 6.04 Å². The molecule has 3 aromatic rings. The average Bonchev–Trinajstić information content (AvgIpc) is 3.08. The van der Waals surface area contributed by atoms with Gasteiger partial charge < -0.3 is 9.64 Å². The van der Waals surface area contributed by atoms with E-state index in [0.717, 1.165) is 10.3 Å². The van der Waals surface area contributed by atoms with E-state index in [2.05, 4.69) is 0 Å². The van der Waals surface area contributed by atoms with Crippen molar-refractivity contribution < 1.29 is 18.7 Å². The molecule has 0 saturated carbocycles. The summed E-state index contributed by atoms with van der Waals surface area (Å²) in [5.41, 5.74) is 1.00. The third kappa shape index (κ3) is 3.91. The number of hydrogen-bond acceptors (Lipinski definition) is 4. The second-order valence-corrected chi connectivity index (χ2v) is 7.04. The van der Waals surface area contributed by atoms with Crippen LogP contribution in [0.2, 0.25) is 0 Å². The van der Waals surface area contributed by atoms with Crippen molar-refractivity contribution in [3.63, 3.8) is 0 Å². The highest BCUT2D eigenvalue weighted by molar-refractivity contribution is 7.20. The number of likely N-dealkylation sites (N-methyl/N-ethyl adjacent to an activating group) is 1. The van der Waals surface area contributed by atoms with Gasteiger partial charge in [-0.2, -0.15) is 0 Å². The molecule has 0 bridgehead atoms. The number of rotatable bonds is 5. The number of thiophene rings is 1. The third-order valence-corrected chi connectivity index (χ3v) is 5.36. The van der Waals surface area contributed by atoms with Gasteiger partial charge in [0.25, 0.3) is 5.91 Å². The van der Waals surface area contributed by atoms with Crippen molar-refractivity contribution in [3.05, 3.63) is 70.9 Å². The molecule has 0 aliphatic heterocycles. The molecular formula is C20H18FNO3S. The molecule has 2 aromatic carbocycles. The zero-order valence-electron chi connectivity index (χ0n) is 14.4. The van der Waals surface area contributed by atoms with E-state index in [1.54, 1.807) is 24.1 Å². The minimum Gasteiger partial charge on any atom is -0.451 e. The number of esters is 1. The van der Waals surface area contributed by atoms with Gasteiger partial charge in [0.2, 0.25) is 0 Å². The predicted molar refractivity (Wildman–Crippen MR) is 99.7 cm³/mol. The van der Waals surface area contributed by atoms with Crippen molar-refractivity contribution in [1.29, 1.82) is 0 Å². The molecule has 1 amide bonds. The molecule has 3 rings (SSSR count). The van der Waals surface area contributed by atoms with Crippen LogP contribution in [0.1, 0.15) is 28.2 Å². The summed E-state index contributed by atoms with van der Waals surface area (Å²) in [6.07, 6.45) is 0. The first-order chi connectivity index (χ1) is 12.5. The quantitative estimate of drug-likeness (QED) is 0.624. The van der Waals surface area contributed by atoms with Crippen LogP contribution in [0.25, 0.3) is 10.1 Å². The molecule has 1 aromatic heterocycles. The minimum absolute atomic E-state index is 0.130. The first-order valence-electron chi connectivity index (χ1n) is 8.12. The Labute approximate surface area is 154 Å². The van der Waals surface area contributed by atoms with Crippen molar-refractivity contribution in [2.75, 3.05) is 13.7 Å². The second-order valence-electron chi connectivity index (χ2n) is 5.96. The Kier molecular flexibility index (Phi) is 5.32. The van der Waals surface area contributed by atoms with Gasteiger partial charge in [0.1, 0.15) is 10.7 Å². The van der Waals surface area contributed by atoms with Crippen molar-refractivity contribution in [1.82, 2.24) is 4.90 Å². The van der Waals surface area contributed by atoms with Gasteiger partial charge in [-0.05, 0) is 42.1 Å². The highest BCUT2D eigenvalue weighted by Gasteiger charge is 2.20. The van der Waals surface area contributed by atoms with Gasteiger partial charge in [-0.25, -0.2) is 9.18 Å². The summed E-state index contributed by atoms with van der Waals surface area (Å²) in [5.74, 6) is -1.23. The van der Waals surface area contributed by atoms with Crippen molar-refractivity contribution in [3.8, 4) is 0 Å². The van der Waals surface area contributed by atoms with Crippen LogP contribution in [0.15, 0.2) is 54.6 Å². The fourth-order valence-electron chi connectivity index (χ4n) is 2.59. The van der Waals surface area contributed by atoms with Gasteiger partial charge in [0, 0.05) is 11.7 Å². The average molecular weight is 371 g/mol. The maximum atomic E-state index is 13.2. The zero-order chi connectivity index (χ0) is 18.7. The van der Waals surface area contributed by atoms with Crippen molar-refractivity contribution >= 4 is 33.3 Å². The number of carbonyl (C=O) groups is 2. The molecule has 0 N–H and O–H groups in total. The molecule has 1 atom stereocenters. The third-order valence-electron chi connectivity index (χ3n) is 4.26. The molecule has 0 spiro atoms. The monoisotopic (exact) mass is 371 g/mol. The van der Waals surface area contributed by atoms with E-state index in [1.807, 2.05) is 37.3 Å². The van der Waals surface area contributed by atoms with Crippen LogP contribution in [-0.4, -0.2) is 30.4 Å². The Hall–Kier alpha value is -2.73. The molecule has 0 unspecified atom stereocenters. The van der Waals surface area contributed by atoms with Crippen molar-refractivity contribution in [2.24, 2.45) is 0 Å². The number of ether oxygens (including phenoxy) is 1. The van der Waals surface area contributed by atoms with Crippen LogP contribution in [0.3, 0.4) is 0 Å². The van der Waals surface area contributed by atoms with Crippen LogP contribution in [0.5, 0.6) is 0 Å². The van der Waals surface area contributed by atoms with E-state index in [4.69, 9.17) is 4.74 Å². The molecule has 26 heavy (non-hydrogen) atoms. The molecule has 0 aliphatic carbocycles. The number of carbonyl (C=O) groups excluding carboxylic acids is 2. The molecule has 1 heterocycles. The molecule has 0 aliphatic rings. The number of nitrogens with zero attached hydrogens (tertiary/aromatic N) is 1. The van der Waals surface area contributed by atoms with Crippen LogP contribution in [-0.2, 0) is 9.53 Å². The lowest BCUT2D eigenvalue weighted by Gasteiger charge is -2.25. The summed E-state index contributed by atoms with van der Waals surface area (Å²) in [6.45, 7) is 1.57. The Morgan fingerprint density at radius 3 is 2.62 bits per heavy atom. The van der Waals surface area contributed by atoms with E-state index in [-0.39, 0.29) is 24.4 Å². The summed E-state index contributed by atoms with van der Waals surface area (Å²) in [5, 5.41) is 0.642. The maximum Gasteiger partial charge on any atom is 0.348 e. The Balaban J connectivity index is 1.61. The van der Waals surface area contributed by atoms with E-state index >= 15 is 0 Å². The molecule has 0 fully saturated rings. The highest BCUT2D eigenvalue weighted by atomic mass is 32.1. The molecule has 134 valence electrons. The van der Waals surface area contributed by atoms with Crippen molar-refractivity contribution in [2.45, 2.75) is 13.0 Å². The lowest BCUT2D eigenvalue weighted by atomic mass is 10.1. The van der Waals surface area contributed by atoms with Crippen LogP contribution >= 0.6 is 11.3 Å². The number of hydrogen-bond donors (Lipinski definition) is 0. The Morgan fingerprint density at radius 1 is 1.15 bits per heavy atom. The second kappa shape index (κ2) is 7.66. The highest BCUT2D eigenvalue weighted by Crippen LogP contribution is 2.27. The normalized spacial score (nSPS) is 12.0. The maximum absolute atomic E-state index is 13.2. The van der Waals surface area contributed by atoms with Gasteiger partial charge in [-0.3, -0.25) is 4.79 Å². The van der Waals surface area contributed by atoms with E-state index in [1.165, 1.54) is 23.5 Å². The number of halogens is 1. The van der Waals surface area contributed by atoms with Gasteiger partial charge >= 0.3 is 5.97 Å². The lowest BCUT2D eigenvalue weighted by Crippen LogP contribution is -2.33. The SMILES string of the molecule is C[C@H](c1ccccc1)N(C)C(=O)COC(=O)c1cc2cc(F)ccc2s1. The van der Waals surface area contributed by atoms with Gasteiger partial charge in [0.15, 0.2) is 6.61 Å². The van der Waals surface area contributed by atoms with E-state index < -0.39 is 5.97 Å². The van der Waals surface area contributed by atoms with Gasteiger partial charge in [-0.1, -0.05) is 30.3 Å². The molecule has 6 heteroatoms. The number of amides is 1. The topological polar surface area (TPSA) is 46.6 Å². The van der Waals surface area contributed by atoms with Crippen LogP contribution in [0, 0.1) is 5.82 Å². The molecule has 0 saturated heterocycles. The zero-order valence-corrected chi connectivity index (χ0v) is 15.3. The van der Waals surface area contributed by atoms with Crippen LogP contribution < -0.4 is 0 Å². The minimum atomic E-state index is -0.583. The van der Waals surface area contributed by atoms with E-state index in [0.29, 0.717) is 10.3 Å². The molecular weight excluding hydrogens is 353 g/mol. The summed E-state index contributed by atoms with van der Waals surface area (Å²) in [7, 11) is 1.68. The lowest BCUT2D eigenvalue weighted by molar-refractivity contribution is -0.135. The Morgan fingerprint density at radius 2 is 1.88 bits per heavy atom. The van der Waals surface area contributed by atoms with E-state index in [9.17, 15) is 14.0 Å². The fraction of sp³-hybridized carbons (Fsp3) is 0.200. The number of benzene rings is 2. The Bertz CT molecular complexity index is 939. The summed E-state index contributed by atoms with van der Waals surface area (Å²) >= 11 is 1.21. The van der Waals surface area contributed by atoms with Crippen LogP contribution in [0.4, 0.5) is 4.39 Å². The standard InChI is InChI=1S/C20H18FNO3S/c1-13(14-6-4-3-5-7-14)22(2)19(23)12-25-20(24)18-11-15-10-16(21)8-9-17(15)26-18/h3-11,13H,12H2,1-2H3/t13-/m1/s1. The summed E-state index contributed by atoms with van der Waals surface area (Å²) < 4.78 is 19.2. The fourth-order valence-corrected chi connectivity index (χ4v) is 3.52. The molecule has 0 radical (unpaired) electrons. The first kappa shape index (κ1) is 18.1. The summed E-state index contributed by atoms with van der Waals surface area (Å²) in [6, 6.07) is 15.4. The molecule has 4 nitrogen and oxygen atoms in total. The van der Waals surface area contributed by atoms with Gasteiger partial charge in [-0.15, -0.1) is 11.3 Å². The summed E-state index contributed by atoms with van der Waals surface area (Å²) in [4.78, 5) is 26.4. The largest absolute Gasteiger partial charge is 0.451 e.